The van der Waals surface area contributed by atoms with Crippen molar-refractivity contribution in [3.63, 3.8) is 0 Å². The Kier molecular flexibility index (Phi) is 4.52. The lowest BCUT2D eigenvalue weighted by atomic mass is 10.2. The van der Waals surface area contributed by atoms with E-state index in [4.69, 9.17) is 10.6 Å². The molecule has 0 atom stereocenters. The molecule has 0 saturated carbocycles. The Morgan fingerprint density at radius 1 is 1.33 bits per heavy atom. The van der Waals surface area contributed by atoms with E-state index in [1.54, 1.807) is 24.4 Å². The van der Waals surface area contributed by atoms with Gasteiger partial charge in [0, 0.05) is 18.8 Å². The number of pyridine rings is 1. The van der Waals surface area contributed by atoms with Gasteiger partial charge in [-0.25, -0.2) is 4.98 Å². The highest BCUT2D eigenvalue weighted by Gasteiger charge is 2.18. The van der Waals surface area contributed by atoms with Crippen LogP contribution in [-0.2, 0) is 6.54 Å². The van der Waals surface area contributed by atoms with E-state index in [0.29, 0.717) is 18.1 Å². The first kappa shape index (κ1) is 14.5. The van der Waals surface area contributed by atoms with Gasteiger partial charge in [-0.15, -0.1) is 0 Å². The molecule has 0 radical (unpaired) electrons. The molecular formula is C13H15N5O3. The molecular weight excluding hydrogens is 274 g/mol. The molecule has 8 nitrogen and oxygen atoms in total. The molecule has 1 aromatic heterocycles. The third-order valence-electron chi connectivity index (χ3n) is 2.86. The molecule has 4 N–H and O–H groups in total. The second-order valence-electron chi connectivity index (χ2n) is 4.17. The van der Waals surface area contributed by atoms with Gasteiger partial charge in [-0.2, -0.15) is 0 Å². The van der Waals surface area contributed by atoms with Crippen LogP contribution in [0, 0.1) is 10.1 Å². The van der Waals surface area contributed by atoms with Crippen LogP contribution in [0.5, 0.6) is 5.88 Å². The summed E-state index contributed by atoms with van der Waals surface area (Å²) >= 11 is 0. The van der Waals surface area contributed by atoms with Gasteiger partial charge in [-0.05, 0) is 17.7 Å². The molecule has 1 heterocycles. The maximum absolute atomic E-state index is 11.1. The predicted octanol–water partition coefficient (Wildman–Crippen LogP) is 1.90. The smallest absolute Gasteiger partial charge is 0.316 e. The maximum atomic E-state index is 11.1. The third-order valence-corrected chi connectivity index (χ3v) is 2.86. The molecule has 0 aliphatic heterocycles. The van der Waals surface area contributed by atoms with Crippen molar-refractivity contribution in [1.82, 2.24) is 4.98 Å². The fraction of sp³-hybridized carbons (Fsp3) is 0.154. The fourth-order valence-corrected chi connectivity index (χ4v) is 1.83. The average molecular weight is 289 g/mol. The van der Waals surface area contributed by atoms with Gasteiger partial charge in [0.05, 0.1) is 12.0 Å². The zero-order chi connectivity index (χ0) is 15.2. The lowest BCUT2D eigenvalue weighted by molar-refractivity contribution is -0.383. The number of nitro groups is 1. The lowest BCUT2D eigenvalue weighted by Gasteiger charge is -2.10. The van der Waals surface area contributed by atoms with Crippen molar-refractivity contribution in [2.75, 3.05) is 17.9 Å². The van der Waals surface area contributed by atoms with Crippen LogP contribution in [0.15, 0.2) is 36.5 Å². The largest absolute Gasteiger partial charge is 0.481 e. The Bertz CT molecular complexity index is 630. The van der Waals surface area contributed by atoms with E-state index in [-0.39, 0.29) is 11.4 Å². The number of rotatable bonds is 6. The Labute approximate surface area is 121 Å². The summed E-state index contributed by atoms with van der Waals surface area (Å²) in [7, 11) is 1.54. The van der Waals surface area contributed by atoms with Gasteiger partial charge < -0.3 is 15.5 Å². The summed E-state index contributed by atoms with van der Waals surface area (Å²) in [5.74, 6) is 5.80. The molecule has 8 heteroatoms. The molecule has 1 aromatic carbocycles. The number of anilines is 2. The Hall–Kier alpha value is -2.87. The first-order valence-corrected chi connectivity index (χ1v) is 6.12. The van der Waals surface area contributed by atoms with E-state index in [0.717, 1.165) is 5.56 Å². The van der Waals surface area contributed by atoms with E-state index in [2.05, 4.69) is 15.7 Å². The second kappa shape index (κ2) is 6.53. The minimum Gasteiger partial charge on any atom is -0.481 e. The summed E-state index contributed by atoms with van der Waals surface area (Å²) in [6, 6.07) is 8.39. The van der Waals surface area contributed by atoms with Crippen molar-refractivity contribution in [3.8, 4) is 5.88 Å². The quantitative estimate of drug-likeness (QED) is 0.422. The molecule has 2 rings (SSSR count). The van der Waals surface area contributed by atoms with E-state index >= 15 is 0 Å². The van der Waals surface area contributed by atoms with E-state index < -0.39 is 4.92 Å². The van der Waals surface area contributed by atoms with Crippen LogP contribution < -0.4 is 21.3 Å². The number of hydrogen-bond acceptors (Lipinski definition) is 7. The van der Waals surface area contributed by atoms with Crippen LogP contribution in [-0.4, -0.2) is 17.0 Å². The van der Waals surface area contributed by atoms with Crippen LogP contribution in [0.2, 0.25) is 0 Å². The molecule has 0 bridgehead atoms. The molecule has 0 aliphatic rings. The van der Waals surface area contributed by atoms with E-state index in [1.165, 1.54) is 13.2 Å². The van der Waals surface area contributed by atoms with E-state index in [9.17, 15) is 10.1 Å². The Morgan fingerprint density at radius 2 is 2.10 bits per heavy atom. The zero-order valence-electron chi connectivity index (χ0n) is 11.4. The van der Waals surface area contributed by atoms with Crippen molar-refractivity contribution in [1.29, 1.82) is 0 Å². The number of methoxy groups -OCH3 is 1. The minimum absolute atomic E-state index is 0.0959. The molecule has 0 amide bonds. The molecule has 0 aliphatic carbocycles. The summed E-state index contributed by atoms with van der Waals surface area (Å²) in [5.41, 5.74) is 3.72. The molecule has 0 saturated heterocycles. The number of ether oxygens (including phenoxy) is 1. The van der Waals surface area contributed by atoms with Crippen molar-refractivity contribution in [2.45, 2.75) is 6.54 Å². The maximum Gasteiger partial charge on any atom is 0.316 e. The van der Waals surface area contributed by atoms with Crippen LogP contribution in [0.1, 0.15) is 5.56 Å². The number of nitrogens with zero attached hydrogens (tertiary/aromatic N) is 2. The number of nitrogens with one attached hydrogen (secondary N) is 2. The molecule has 0 fully saturated rings. The highest BCUT2D eigenvalue weighted by Crippen LogP contribution is 2.32. The van der Waals surface area contributed by atoms with Gasteiger partial charge in [0.15, 0.2) is 0 Å². The standard InChI is InChI=1S/C13H15N5O3/c1-21-12-6-5-9(8-16-12)7-15-10-3-2-4-11(17-14)13(10)18(19)20/h2-6,8,15,17H,7,14H2,1H3. The van der Waals surface area contributed by atoms with Crippen LogP contribution in [0.25, 0.3) is 0 Å². The second-order valence-corrected chi connectivity index (χ2v) is 4.17. The number of hydrogen-bond donors (Lipinski definition) is 3. The summed E-state index contributed by atoms with van der Waals surface area (Å²) < 4.78 is 4.97. The third kappa shape index (κ3) is 3.37. The Balaban J connectivity index is 2.17. The Morgan fingerprint density at radius 3 is 2.67 bits per heavy atom. The van der Waals surface area contributed by atoms with Gasteiger partial charge in [-0.1, -0.05) is 12.1 Å². The fourth-order valence-electron chi connectivity index (χ4n) is 1.83. The summed E-state index contributed by atoms with van der Waals surface area (Å²) in [4.78, 5) is 14.7. The predicted molar refractivity (Wildman–Crippen MR) is 79.0 cm³/mol. The highest BCUT2D eigenvalue weighted by molar-refractivity contribution is 5.75. The number of aromatic nitrogens is 1. The number of para-hydroxylation sites is 1. The number of hydrazine groups is 1. The van der Waals surface area contributed by atoms with Crippen LogP contribution >= 0.6 is 0 Å². The lowest BCUT2D eigenvalue weighted by Crippen LogP contribution is -2.11. The van der Waals surface area contributed by atoms with Gasteiger partial charge in [0.1, 0.15) is 11.4 Å². The monoisotopic (exact) mass is 289 g/mol. The van der Waals surface area contributed by atoms with Crippen LogP contribution in [0.3, 0.4) is 0 Å². The van der Waals surface area contributed by atoms with Crippen molar-refractivity contribution in [2.24, 2.45) is 5.84 Å². The van der Waals surface area contributed by atoms with Crippen molar-refractivity contribution < 1.29 is 9.66 Å². The molecule has 2 aromatic rings. The molecule has 0 spiro atoms. The number of benzene rings is 1. The first-order valence-electron chi connectivity index (χ1n) is 6.12. The average Bonchev–Trinajstić information content (AvgIpc) is 2.52. The highest BCUT2D eigenvalue weighted by atomic mass is 16.6. The SMILES string of the molecule is COc1ccc(CNc2cccc(NN)c2[N+](=O)[O-])cn1. The summed E-state index contributed by atoms with van der Waals surface area (Å²) in [5, 5.41) is 14.1. The number of nitro benzene ring substituents is 1. The number of nitrogens with two attached hydrogens (primary N) is 1. The topological polar surface area (TPSA) is 115 Å². The first-order chi connectivity index (χ1) is 10.2. The molecule has 110 valence electrons. The van der Waals surface area contributed by atoms with Crippen molar-refractivity contribution in [3.05, 3.63) is 52.2 Å². The zero-order valence-corrected chi connectivity index (χ0v) is 11.4. The van der Waals surface area contributed by atoms with Gasteiger partial charge in [-0.3, -0.25) is 16.0 Å². The van der Waals surface area contributed by atoms with Crippen molar-refractivity contribution >= 4 is 17.1 Å². The van der Waals surface area contributed by atoms with Crippen LogP contribution in [0.4, 0.5) is 17.1 Å². The minimum atomic E-state index is -0.482. The van der Waals surface area contributed by atoms with Gasteiger partial charge >= 0.3 is 5.69 Å². The molecule has 0 unspecified atom stereocenters. The summed E-state index contributed by atoms with van der Waals surface area (Å²) in [6.07, 6.45) is 1.64. The van der Waals surface area contributed by atoms with Gasteiger partial charge in [0.25, 0.3) is 0 Å². The summed E-state index contributed by atoms with van der Waals surface area (Å²) in [6.45, 7) is 0.395. The molecule has 21 heavy (non-hydrogen) atoms. The van der Waals surface area contributed by atoms with E-state index in [1.807, 2.05) is 6.07 Å². The normalized spacial score (nSPS) is 10.0. The van der Waals surface area contributed by atoms with Gasteiger partial charge in [0.2, 0.25) is 5.88 Å². The number of nitrogen functional groups attached to an aromatic ring is 1.